The van der Waals surface area contributed by atoms with Gasteiger partial charge >= 0.3 is 0 Å². The number of hydrogen-bond acceptors (Lipinski definition) is 11. The average Bonchev–Trinajstić information content (AvgIpc) is 2.92. The van der Waals surface area contributed by atoms with E-state index >= 15 is 0 Å². The molecule has 0 aromatic heterocycles. The molecule has 37 heavy (non-hydrogen) atoms. The van der Waals surface area contributed by atoms with E-state index in [4.69, 9.17) is 18.9 Å². The van der Waals surface area contributed by atoms with Gasteiger partial charge in [-0.1, -0.05) is 6.07 Å². The van der Waals surface area contributed by atoms with Gasteiger partial charge < -0.3 is 54.7 Å². The SMILES string of the molecule is COc1cc(C2c3cc(O[C@@H]4O[C@H](CO)[C@@H](O)[C@H](O)[C@H]4O)c(OC)cc3CC(CO)C2CO)ccc1O. The Bertz CT molecular complexity index is 1070. The van der Waals surface area contributed by atoms with Crippen LogP contribution in [0, 0.1) is 11.8 Å². The second-order valence-electron chi connectivity index (χ2n) is 9.42. The van der Waals surface area contributed by atoms with Gasteiger partial charge in [0.1, 0.15) is 24.4 Å². The van der Waals surface area contributed by atoms with E-state index in [-0.39, 0.29) is 42.3 Å². The maximum atomic E-state index is 10.5. The number of benzene rings is 2. The standard InChI is InChI=1S/C26H34O11/c1-34-18-6-12(3-4-17(18)30)22-15-8-20(36-26-25(33)24(32)23(31)21(11-29)37-26)19(35-2)7-13(15)5-14(9-27)16(22)10-28/h3-4,6-8,14,16,21-33H,5,9-11H2,1-2H3/t14?,16?,21-,22?,23-,24+,25-,26-/m1/s1. The van der Waals surface area contributed by atoms with Gasteiger partial charge in [0.15, 0.2) is 23.0 Å². The molecule has 0 saturated carbocycles. The molecule has 1 saturated heterocycles. The summed E-state index contributed by atoms with van der Waals surface area (Å²) in [5.74, 6) is -0.374. The quantitative estimate of drug-likeness (QED) is 0.238. The zero-order valence-corrected chi connectivity index (χ0v) is 20.6. The molecule has 0 radical (unpaired) electrons. The largest absolute Gasteiger partial charge is 0.504 e. The van der Waals surface area contributed by atoms with E-state index < -0.39 is 43.2 Å². The zero-order chi connectivity index (χ0) is 26.9. The van der Waals surface area contributed by atoms with Gasteiger partial charge in [-0.3, -0.25) is 0 Å². The lowest BCUT2D eigenvalue weighted by Gasteiger charge is -2.41. The molecule has 11 nitrogen and oxygen atoms in total. The van der Waals surface area contributed by atoms with Crippen molar-refractivity contribution in [2.75, 3.05) is 34.0 Å². The Labute approximate surface area is 214 Å². The van der Waals surface area contributed by atoms with Crippen molar-refractivity contribution < 1.29 is 54.7 Å². The van der Waals surface area contributed by atoms with Crippen LogP contribution in [-0.4, -0.2) is 100 Å². The van der Waals surface area contributed by atoms with E-state index in [1.807, 2.05) is 0 Å². The molecule has 7 N–H and O–H groups in total. The van der Waals surface area contributed by atoms with Crippen LogP contribution >= 0.6 is 0 Å². The van der Waals surface area contributed by atoms with Crippen LogP contribution in [0.1, 0.15) is 22.6 Å². The van der Waals surface area contributed by atoms with Crippen molar-refractivity contribution in [3.63, 3.8) is 0 Å². The molecule has 2 aromatic rings. The number of phenols is 1. The van der Waals surface area contributed by atoms with E-state index in [0.29, 0.717) is 12.2 Å². The fourth-order valence-corrected chi connectivity index (χ4v) is 5.33. The summed E-state index contributed by atoms with van der Waals surface area (Å²) in [6, 6.07) is 8.33. The van der Waals surface area contributed by atoms with Crippen LogP contribution < -0.4 is 14.2 Å². The normalized spacial score (nSPS) is 31.5. The van der Waals surface area contributed by atoms with E-state index in [1.165, 1.54) is 20.3 Å². The number of aromatic hydroxyl groups is 1. The van der Waals surface area contributed by atoms with Crippen LogP contribution in [0.2, 0.25) is 0 Å². The highest BCUT2D eigenvalue weighted by atomic mass is 16.7. The number of aliphatic hydroxyl groups excluding tert-OH is 6. The third-order valence-corrected chi connectivity index (χ3v) is 7.38. The average molecular weight is 523 g/mol. The number of phenolic OH excluding ortho intramolecular Hbond substituents is 1. The van der Waals surface area contributed by atoms with Crippen LogP contribution in [0.4, 0.5) is 0 Å². The smallest absolute Gasteiger partial charge is 0.229 e. The summed E-state index contributed by atoms with van der Waals surface area (Å²) >= 11 is 0. The molecule has 1 aliphatic carbocycles. The molecule has 1 aliphatic heterocycles. The maximum absolute atomic E-state index is 10.5. The summed E-state index contributed by atoms with van der Waals surface area (Å²) < 4.78 is 22.2. The minimum absolute atomic E-state index is 0.0390. The second kappa shape index (κ2) is 11.4. The lowest BCUT2D eigenvalue weighted by Crippen LogP contribution is -2.60. The van der Waals surface area contributed by atoms with Gasteiger partial charge in [-0.15, -0.1) is 0 Å². The molecule has 3 unspecified atom stereocenters. The summed E-state index contributed by atoms with van der Waals surface area (Å²) in [6.45, 7) is -0.965. The van der Waals surface area contributed by atoms with E-state index in [2.05, 4.69) is 0 Å². The van der Waals surface area contributed by atoms with E-state index in [1.54, 1.807) is 24.3 Å². The number of rotatable bonds is 8. The van der Waals surface area contributed by atoms with Crippen molar-refractivity contribution >= 4 is 0 Å². The number of ether oxygens (including phenoxy) is 4. The topological polar surface area (TPSA) is 179 Å². The van der Waals surface area contributed by atoms with Crippen LogP contribution in [0.5, 0.6) is 23.0 Å². The highest BCUT2D eigenvalue weighted by molar-refractivity contribution is 5.54. The first-order valence-electron chi connectivity index (χ1n) is 12.0. The molecule has 0 bridgehead atoms. The van der Waals surface area contributed by atoms with Crippen molar-refractivity contribution in [3.8, 4) is 23.0 Å². The Balaban J connectivity index is 1.79. The molecule has 11 heteroatoms. The zero-order valence-electron chi connectivity index (χ0n) is 20.6. The first-order valence-corrected chi connectivity index (χ1v) is 12.0. The Morgan fingerprint density at radius 1 is 0.838 bits per heavy atom. The van der Waals surface area contributed by atoms with Crippen molar-refractivity contribution in [1.29, 1.82) is 0 Å². The van der Waals surface area contributed by atoms with Gasteiger partial charge in [-0.2, -0.15) is 0 Å². The summed E-state index contributed by atoms with van der Waals surface area (Å²) in [5.41, 5.74) is 2.34. The maximum Gasteiger partial charge on any atom is 0.229 e. The molecule has 0 spiro atoms. The Morgan fingerprint density at radius 3 is 2.19 bits per heavy atom. The lowest BCUT2D eigenvalue weighted by atomic mass is 9.67. The number of hydrogen-bond donors (Lipinski definition) is 7. The van der Waals surface area contributed by atoms with Crippen LogP contribution in [0.25, 0.3) is 0 Å². The molecular weight excluding hydrogens is 488 g/mol. The van der Waals surface area contributed by atoms with Gasteiger partial charge in [0.05, 0.1) is 20.8 Å². The molecule has 8 atom stereocenters. The number of fused-ring (bicyclic) bond motifs is 1. The predicted octanol–water partition coefficient (Wildman–Crippen LogP) is -0.507. The van der Waals surface area contributed by atoms with Gasteiger partial charge in [0.2, 0.25) is 6.29 Å². The summed E-state index contributed by atoms with van der Waals surface area (Å²) in [7, 11) is 2.87. The molecule has 2 aromatic carbocycles. The molecule has 1 fully saturated rings. The first kappa shape index (κ1) is 27.4. The minimum atomic E-state index is -1.61. The van der Waals surface area contributed by atoms with Gasteiger partial charge in [-0.25, -0.2) is 0 Å². The van der Waals surface area contributed by atoms with Gasteiger partial charge in [-0.05, 0) is 59.2 Å². The Kier molecular flexibility index (Phi) is 8.44. The third kappa shape index (κ3) is 5.08. The van der Waals surface area contributed by atoms with Crippen molar-refractivity contribution in [1.82, 2.24) is 0 Å². The Hall–Kier alpha value is -2.64. The van der Waals surface area contributed by atoms with E-state index in [9.17, 15) is 35.7 Å². The summed E-state index contributed by atoms with van der Waals surface area (Å²) in [5, 5.41) is 70.8. The fraction of sp³-hybridized carbons (Fsp3) is 0.538. The highest BCUT2D eigenvalue weighted by Crippen LogP contribution is 2.48. The molecule has 1 heterocycles. The molecule has 2 aliphatic rings. The summed E-state index contributed by atoms with van der Waals surface area (Å²) in [6.07, 6.45) is -6.86. The van der Waals surface area contributed by atoms with E-state index in [0.717, 1.165) is 16.7 Å². The fourth-order valence-electron chi connectivity index (χ4n) is 5.33. The first-order chi connectivity index (χ1) is 17.8. The Morgan fingerprint density at radius 2 is 1.57 bits per heavy atom. The highest BCUT2D eigenvalue weighted by Gasteiger charge is 2.45. The summed E-state index contributed by atoms with van der Waals surface area (Å²) in [4.78, 5) is 0. The van der Waals surface area contributed by atoms with Gasteiger partial charge in [0, 0.05) is 19.1 Å². The molecule has 204 valence electrons. The minimum Gasteiger partial charge on any atom is -0.504 e. The molecular formula is C26H34O11. The van der Waals surface area contributed by atoms with Crippen LogP contribution in [-0.2, 0) is 11.2 Å². The third-order valence-electron chi connectivity index (χ3n) is 7.38. The molecule has 0 amide bonds. The van der Waals surface area contributed by atoms with Crippen molar-refractivity contribution in [3.05, 3.63) is 47.0 Å². The molecule has 4 rings (SSSR count). The van der Waals surface area contributed by atoms with Crippen molar-refractivity contribution in [2.45, 2.75) is 43.0 Å². The monoisotopic (exact) mass is 522 g/mol. The lowest BCUT2D eigenvalue weighted by molar-refractivity contribution is -0.277. The van der Waals surface area contributed by atoms with Crippen LogP contribution in [0.3, 0.4) is 0 Å². The van der Waals surface area contributed by atoms with Crippen molar-refractivity contribution in [2.24, 2.45) is 11.8 Å². The van der Waals surface area contributed by atoms with Crippen LogP contribution in [0.15, 0.2) is 30.3 Å². The van der Waals surface area contributed by atoms with Gasteiger partial charge in [0.25, 0.3) is 0 Å². The second-order valence-corrected chi connectivity index (χ2v) is 9.42. The predicted molar refractivity (Wildman–Crippen MR) is 129 cm³/mol. The number of methoxy groups -OCH3 is 2. The number of aliphatic hydroxyl groups is 6.